The minimum absolute atomic E-state index is 0.0647. The molecule has 1 heterocycles. The van der Waals surface area contributed by atoms with E-state index in [1.165, 1.54) is 12.1 Å². The summed E-state index contributed by atoms with van der Waals surface area (Å²) in [4.78, 5) is 16.3. The van der Waals surface area contributed by atoms with Gasteiger partial charge in [-0.15, -0.1) is 0 Å². The van der Waals surface area contributed by atoms with E-state index in [2.05, 4.69) is 4.90 Å². The molecule has 0 saturated carbocycles. The van der Waals surface area contributed by atoms with E-state index >= 15 is 0 Å². The van der Waals surface area contributed by atoms with E-state index in [4.69, 9.17) is 4.74 Å². The Bertz CT molecular complexity index is 855. The van der Waals surface area contributed by atoms with Crippen LogP contribution in [0.15, 0.2) is 54.6 Å². The number of ether oxygens (including phenoxy) is 1. The Morgan fingerprint density at radius 2 is 1.69 bits per heavy atom. The van der Waals surface area contributed by atoms with E-state index in [9.17, 15) is 18.0 Å². The number of para-hydroxylation sites is 1. The van der Waals surface area contributed by atoms with Gasteiger partial charge in [-0.05, 0) is 29.8 Å². The molecule has 1 saturated heterocycles. The van der Waals surface area contributed by atoms with Crippen molar-refractivity contribution in [3.63, 3.8) is 0 Å². The summed E-state index contributed by atoms with van der Waals surface area (Å²) in [5.74, 6) is 0.642. The summed E-state index contributed by atoms with van der Waals surface area (Å²) in [6, 6.07) is 12.7. The fraction of sp³-hybridized carbons (Fsp3) is 0.318. The van der Waals surface area contributed by atoms with Crippen LogP contribution in [0, 0.1) is 0 Å². The van der Waals surface area contributed by atoms with Crippen molar-refractivity contribution in [1.29, 1.82) is 0 Å². The minimum atomic E-state index is -4.32. The number of hydrogen-bond donors (Lipinski definition) is 0. The summed E-state index contributed by atoms with van der Waals surface area (Å²) < 4.78 is 43.2. The SMILES string of the molecule is COc1ccccc1/C=C/C(=O)N1CCN(Cc2ccc(C(F)(F)F)cc2)CC1. The van der Waals surface area contributed by atoms with Gasteiger partial charge >= 0.3 is 6.18 Å². The van der Waals surface area contributed by atoms with Crippen molar-refractivity contribution in [3.05, 3.63) is 71.3 Å². The highest BCUT2D eigenvalue weighted by Crippen LogP contribution is 2.29. The first-order chi connectivity index (χ1) is 13.9. The number of halogens is 3. The molecule has 1 fully saturated rings. The lowest BCUT2D eigenvalue weighted by Gasteiger charge is -2.34. The maximum atomic E-state index is 12.7. The lowest BCUT2D eigenvalue weighted by molar-refractivity contribution is -0.137. The van der Waals surface area contributed by atoms with Crippen LogP contribution in [0.4, 0.5) is 13.2 Å². The first kappa shape index (κ1) is 20.9. The molecule has 154 valence electrons. The third kappa shape index (κ3) is 5.60. The van der Waals surface area contributed by atoms with Crippen LogP contribution in [0.3, 0.4) is 0 Å². The fourth-order valence-corrected chi connectivity index (χ4v) is 3.25. The number of nitrogens with zero attached hydrogens (tertiary/aromatic N) is 2. The highest BCUT2D eigenvalue weighted by molar-refractivity contribution is 5.92. The highest BCUT2D eigenvalue weighted by atomic mass is 19.4. The third-order valence-electron chi connectivity index (χ3n) is 4.92. The van der Waals surface area contributed by atoms with E-state index in [0.29, 0.717) is 38.5 Å². The number of carbonyl (C=O) groups excluding carboxylic acids is 1. The molecule has 0 aromatic heterocycles. The number of methoxy groups -OCH3 is 1. The summed E-state index contributed by atoms with van der Waals surface area (Å²) in [6.45, 7) is 3.08. The summed E-state index contributed by atoms with van der Waals surface area (Å²) in [5, 5.41) is 0. The predicted octanol–water partition coefficient (Wildman–Crippen LogP) is 4.07. The molecule has 0 spiro atoms. The van der Waals surface area contributed by atoms with Gasteiger partial charge in [0, 0.05) is 44.4 Å². The van der Waals surface area contributed by atoms with Crippen molar-refractivity contribution in [2.45, 2.75) is 12.7 Å². The molecule has 0 N–H and O–H groups in total. The van der Waals surface area contributed by atoms with Crippen molar-refractivity contribution in [2.24, 2.45) is 0 Å². The second kappa shape index (κ2) is 9.13. The van der Waals surface area contributed by atoms with Gasteiger partial charge in [-0.25, -0.2) is 0 Å². The molecule has 2 aromatic rings. The largest absolute Gasteiger partial charge is 0.496 e. The Morgan fingerprint density at radius 3 is 2.31 bits per heavy atom. The zero-order chi connectivity index (χ0) is 20.9. The van der Waals surface area contributed by atoms with Gasteiger partial charge in [0.25, 0.3) is 0 Å². The molecule has 4 nitrogen and oxygen atoms in total. The number of benzene rings is 2. The van der Waals surface area contributed by atoms with Crippen LogP contribution >= 0.6 is 0 Å². The first-order valence-electron chi connectivity index (χ1n) is 9.35. The van der Waals surface area contributed by atoms with Gasteiger partial charge in [0.1, 0.15) is 5.75 Å². The van der Waals surface area contributed by atoms with E-state index in [0.717, 1.165) is 23.3 Å². The zero-order valence-corrected chi connectivity index (χ0v) is 16.2. The van der Waals surface area contributed by atoms with Gasteiger partial charge in [0.15, 0.2) is 0 Å². The van der Waals surface area contributed by atoms with Crippen LogP contribution in [-0.4, -0.2) is 49.0 Å². The second-order valence-electron chi connectivity index (χ2n) is 6.87. The summed E-state index contributed by atoms with van der Waals surface area (Å²) >= 11 is 0. The number of amides is 1. The molecule has 0 radical (unpaired) electrons. The Hall–Kier alpha value is -2.80. The number of alkyl halides is 3. The van der Waals surface area contributed by atoms with E-state index in [1.807, 2.05) is 24.3 Å². The van der Waals surface area contributed by atoms with Crippen LogP contribution in [0.5, 0.6) is 5.75 Å². The molecule has 1 aliphatic rings. The predicted molar refractivity (Wildman–Crippen MR) is 105 cm³/mol. The maximum Gasteiger partial charge on any atom is 0.416 e. The summed E-state index contributed by atoms with van der Waals surface area (Å²) in [5.41, 5.74) is 1.02. The first-order valence-corrected chi connectivity index (χ1v) is 9.35. The Morgan fingerprint density at radius 1 is 1.03 bits per heavy atom. The smallest absolute Gasteiger partial charge is 0.416 e. The van der Waals surface area contributed by atoms with Crippen LogP contribution in [-0.2, 0) is 17.5 Å². The number of carbonyl (C=O) groups is 1. The van der Waals surface area contributed by atoms with Gasteiger partial charge in [-0.1, -0.05) is 30.3 Å². The Balaban J connectivity index is 1.51. The van der Waals surface area contributed by atoms with E-state index in [-0.39, 0.29) is 5.91 Å². The average molecular weight is 404 g/mol. The monoisotopic (exact) mass is 404 g/mol. The van der Waals surface area contributed by atoms with Crippen molar-refractivity contribution >= 4 is 12.0 Å². The molecule has 0 unspecified atom stereocenters. The standard InChI is InChI=1S/C22H23F3N2O2/c1-29-20-5-3-2-4-18(20)8-11-21(28)27-14-12-26(13-15-27)16-17-6-9-19(10-7-17)22(23,24)25/h2-11H,12-16H2,1H3/b11-8+. The van der Waals surface area contributed by atoms with Crippen molar-refractivity contribution in [3.8, 4) is 5.75 Å². The van der Waals surface area contributed by atoms with Crippen LogP contribution in [0.1, 0.15) is 16.7 Å². The molecule has 0 aliphatic carbocycles. The van der Waals surface area contributed by atoms with Crippen LogP contribution in [0.2, 0.25) is 0 Å². The molecule has 2 aromatic carbocycles. The second-order valence-corrected chi connectivity index (χ2v) is 6.87. The van der Waals surface area contributed by atoms with Crippen molar-refractivity contribution < 1.29 is 22.7 Å². The number of piperazine rings is 1. The van der Waals surface area contributed by atoms with Gasteiger partial charge in [-0.2, -0.15) is 13.2 Å². The molecule has 0 bridgehead atoms. The molecular formula is C22H23F3N2O2. The van der Waals surface area contributed by atoms with Crippen molar-refractivity contribution in [2.75, 3.05) is 33.3 Å². The molecule has 3 rings (SSSR count). The van der Waals surface area contributed by atoms with Crippen LogP contribution in [0.25, 0.3) is 6.08 Å². The van der Waals surface area contributed by atoms with E-state index < -0.39 is 11.7 Å². The summed E-state index contributed by atoms with van der Waals surface area (Å²) in [7, 11) is 1.59. The normalized spacial score (nSPS) is 15.7. The quantitative estimate of drug-likeness (QED) is 0.705. The molecule has 0 atom stereocenters. The van der Waals surface area contributed by atoms with E-state index in [1.54, 1.807) is 24.2 Å². The van der Waals surface area contributed by atoms with Crippen LogP contribution < -0.4 is 4.74 Å². The summed E-state index contributed by atoms with van der Waals surface area (Å²) in [6.07, 6.45) is -1.03. The highest BCUT2D eigenvalue weighted by Gasteiger charge is 2.30. The van der Waals surface area contributed by atoms with Gasteiger partial charge in [0.2, 0.25) is 5.91 Å². The van der Waals surface area contributed by atoms with Crippen molar-refractivity contribution in [1.82, 2.24) is 9.80 Å². The van der Waals surface area contributed by atoms with Gasteiger partial charge in [0.05, 0.1) is 12.7 Å². The Labute approximate surface area is 168 Å². The lowest BCUT2D eigenvalue weighted by atomic mass is 10.1. The maximum absolute atomic E-state index is 12.7. The Kier molecular flexibility index (Phi) is 6.59. The molecule has 1 amide bonds. The number of rotatable bonds is 5. The van der Waals surface area contributed by atoms with Gasteiger partial charge < -0.3 is 9.64 Å². The lowest BCUT2D eigenvalue weighted by Crippen LogP contribution is -2.47. The fourth-order valence-electron chi connectivity index (χ4n) is 3.25. The topological polar surface area (TPSA) is 32.8 Å². The third-order valence-corrected chi connectivity index (χ3v) is 4.92. The molecule has 7 heteroatoms. The van der Waals surface area contributed by atoms with Gasteiger partial charge in [-0.3, -0.25) is 9.69 Å². The average Bonchev–Trinajstić information content (AvgIpc) is 2.72. The molecule has 29 heavy (non-hydrogen) atoms. The molecule has 1 aliphatic heterocycles. The minimum Gasteiger partial charge on any atom is -0.496 e. The zero-order valence-electron chi connectivity index (χ0n) is 16.2. The molecular weight excluding hydrogens is 381 g/mol. The number of hydrogen-bond acceptors (Lipinski definition) is 3.